The molecule has 3 fully saturated rings. The lowest BCUT2D eigenvalue weighted by atomic mass is 9.92. The van der Waals surface area contributed by atoms with Gasteiger partial charge in [0, 0.05) is 55.8 Å². The van der Waals surface area contributed by atoms with Crippen LogP contribution >= 0.6 is 0 Å². The average molecular weight is 415 g/mol. The number of hydrogen-bond donors (Lipinski definition) is 0. The van der Waals surface area contributed by atoms with Gasteiger partial charge in [0.15, 0.2) is 0 Å². The quantitative estimate of drug-likeness (QED) is 0.558. The Labute approximate surface area is 177 Å². The summed E-state index contributed by atoms with van der Waals surface area (Å²) in [6, 6.07) is 6.30. The van der Waals surface area contributed by atoms with Crippen molar-refractivity contribution in [1.82, 2.24) is 14.7 Å². The van der Waals surface area contributed by atoms with Gasteiger partial charge >= 0.3 is 0 Å². The molecule has 30 heavy (non-hydrogen) atoms. The molecule has 162 valence electrons. The second-order valence-electron chi connectivity index (χ2n) is 8.67. The van der Waals surface area contributed by atoms with Gasteiger partial charge in [0.05, 0.1) is 4.92 Å². The second kappa shape index (κ2) is 9.12. The van der Waals surface area contributed by atoms with E-state index in [0.717, 1.165) is 64.7 Å². The Morgan fingerprint density at radius 1 is 0.833 bits per heavy atom. The molecule has 0 spiro atoms. The van der Waals surface area contributed by atoms with Crippen molar-refractivity contribution in [2.45, 2.75) is 44.6 Å². The molecule has 0 aliphatic carbocycles. The molecule has 4 rings (SSSR count). The lowest BCUT2D eigenvalue weighted by molar-refractivity contribution is -0.384. The number of nitrogens with zero attached hydrogens (tertiary/aromatic N) is 4. The van der Waals surface area contributed by atoms with Crippen molar-refractivity contribution in [3.8, 4) is 0 Å². The molecular weight excluding hydrogens is 384 g/mol. The fourth-order valence-electron chi connectivity index (χ4n) is 5.05. The van der Waals surface area contributed by atoms with Crippen LogP contribution in [0, 0.1) is 16.0 Å². The van der Waals surface area contributed by atoms with Gasteiger partial charge in [0.1, 0.15) is 0 Å². The summed E-state index contributed by atoms with van der Waals surface area (Å²) in [5, 5.41) is 10.8. The molecule has 0 atom stereocenters. The first kappa shape index (κ1) is 20.8. The number of benzene rings is 1. The van der Waals surface area contributed by atoms with E-state index in [9.17, 15) is 19.7 Å². The van der Waals surface area contributed by atoms with Gasteiger partial charge in [-0.25, -0.2) is 0 Å². The summed E-state index contributed by atoms with van der Waals surface area (Å²) in [7, 11) is 0. The highest BCUT2D eigenvalue weighted by Crippen LogP contribution is 2.27. The molecule has 2 amide bonds. The van der Waals surface area contributed by atoms with E-state index in [-0.39, 0.29) is 17.5 Å². The number of carbonyl (C=O) groups is 2. The number of carbonyl (C=O) groups excluding carboxylic acids is 2. The normalized spacial score (nSPS) is 21.7. The molecular formula is C22H30N4O4. The molecule has 1 aromatic rings. The maximum Gasteiger partial charge on any atom is 0.269 e. The van der Waals surface area contributed by atoms with E-state index in [2.05, 4.69) is 4.90 Å². The summed E-state index contributed by atoms with van der Waals surface area (Å²) < 4.78 is 0. The summed E-state index contributed by atoms with van der Waals surface area (Å²) in [6.07, 6.45) is 6.03. The standard InChI is InChI=1S/C22H30N4O4/c27-21(17-3-5-20(6-4-17)26(29)30)25-15-9-19(10-16-25)23-13-7-18(8-14-23)22(28)24-11-1-2-12-24/h3-6,18-19H,1-2,7-16H2. The van der Waals surface area contributed by atoms with Crippen LogP contribution in [0.2, 0.25) is 0 Å². The highest BCUT2D eigenvalue weighted by atomic mass is 16.6. The first-order chi connectivity index (χ1) is 14.5. The van der Waals surface area contributed by atoms with Gasteiger partial charge in [0.25, 0.3) is 11.6 Å². The van der Waals surface area contributed by atoms with Crippen molar-refractivity contribution in [3.63, 3.8) is 0 Å². The molecule has 0 radical (unpaired) electrons. The number of nitro groups is 1. The zero-order valence-electron chi connectivity index (χ0n) is 17.4. The fourth-order valence-corrected chi connectivity index (χ4v) is 5.05. The van der Waals surface area contributed by atoms with E-state index in [1.54, 1.807) is 0 Å². The van der Waals surface area contributed by atoms with Gasteiger partial charge in [-0.15, -0.1) is 0 Å². The second-order valence-corrected chi connectivity index (χ2v) is 8.67. The molecule has 8 nitrogen and oxygen atoms in total. The lowest BCUT2D eigenvalue weighted by Crippen LogP contribution is -2.50. The Morgan fingerprint density at radius 2 is 1.43 bits per heavy atom. The van der Waals surface area contributed by atoms with Crippen molar-refractivity contribution in [1.29, 1.82) is 0 Å². The predicted octanol–water partition coefficient (Wildman–Crippen LogP) is 2.53. The minimum atomic E-state index is -0.457. The van der Waals surface area contributed by atoms with Gasteiger partial charge in [-0.2, -0.15) is 0 Å². The Morgan fingerprint density at radius 3 is 2.00 bits per heavy atom. The predicted molar refractivity (Wildman–Crippen MR) is 112 cm³/mol. The van der Waals surface area contributed by atoms with E-state index < -0.39 is 4.92 Å². The van der Waals surface area contributed by atoms with E-state index in [4.69, 9.17) is 0 Å². The molecule has 0 bridgehead atoms. The number of non-ortho nitro benzene ring substituents is 1. The van der Waals surface area contributed by atoms with Gasteiger partial charge in [0.2, 0.25) is 5.91 Å². The first-order valence-electron chi connectivity index (χ1n) is 11.1. The van der Waals surface area contributed by atoms with E-state index >= 15 is 0 Å². The van der Waals surface area contributed by atoms with E-state index in [0.29, 0.717) is 30.6 Å². The third-order valence-corrected chi connectivity index (χ3v) is 6.89. The highest BCUT2D eigenvalue weighted by molar-refractivity contribution is 5.94. The Bertz CT molecular complexity index is 775. The number of piperidine rings is 2. The van der Waals surface area contributed by atoms with Crippen molar-refractivity contribution < 1.29 is 14.5 Å². The van der Waals surface area contributed by atoms with Crippen LogP contribution in [0.5, 0.6) is 0 Å². The van der Waals surface area contributed by atoms with Crippen LogP contribution < -0.4 is 0 Å². The minimum absolute atomic E-state index is 0.00289. The van der Waals surface area contributed by atoms with Crippen molar-refractivity contribution in [2.24, 2.45) is 5.92 Å². The molecule has 3 aliphatic heterocycles. The number of likely N-dealkylation sites (tertiary alicyclic amines) is 3. The summed E-state index contributed by atoms with van der Waals surface area (Å²) in [5.74, 6) is 0.483. The number of rotatable bonds is 4. The van der Waals surface area contributed by atoms with Crippen LogP contribution in [0.15, 0.2) is 24.3 Å². The van der Waals surface area contributed by atoms with Crippen LogP contribution in [0.4, 0.5) is 5.69 Å². The SMILES string of the molecule is O=C(c1ccc([N+](=O)[O-])cc1)N1CCC(N2CCC(C(=O)N3CCCC3)CC2)CC1. The van der Waals surface area contributed by atoms with Crippen LogP contribution in [0.1, 0.15) is 48.9 Å². The monoisotopic (exact) mass is 414 g/mol. The zero-order chi connectivity index (χ0) is 21.1. The summed E-state index contributed by atoms with van der Waals surface area (Å²) in [4.78, 5) is 42.0. The molecule has 3 aliphatic rings. The lowest BCUT2D eigenvalue weighted by Gasteiger charge is -2.42. The Hall–Kier alpha value is -2.48. The molecule has 0 saturated carbocycles. The highest BCUT2D eigenvalue weighted by Gasteiger charge is 2.33. The van der Waals surface area contributed by atoms with Crippen molar-refractivity contribution in [3.05, 3.63) is 39.9 Å². The van der Waals surface area contributed by atoms with Crippen LogP contribution in [-0.2, 0) is 4.79 Å². The van der Waals surface area contributed by atoms with Crippen LogP contribution in [0.3, 0.4) is 0 Å². The zero-order valence-corrected chi connectivity index (χ0v) is 17.4. The topological polar surface area (TPSA) is 87.0 Å². The Kier molecular flexibility index (Phi) is 6.32. The van der Waals surface area contributed by atoms with E-state index in [1.165, 1.54) is 24.3 Å². The maximum atomic E-state index is 12.7. The fraction of sp³-hybridized carbons (Fsp3) is 0.636. The van der Waals surface area contributed by atoms with Crippen LogP contribution in [0.25, 0.3) is 0 Å². The summed E-state index contributed by atoms with van der Waals surface area (Å²) >= 11 is 0. The minimum Gasteiger partial charge on any atom is -0.342 e. The smallest absolute Gasteiger partial charge is 0.269 e. The Balaban J connectivity index is 1.24. The number of nitro benzene ring substituents is 1. The molecule has 3 heterocycles. The van der Waals surface area contributed by atoms with Crippen molar-refractivity contribution >= 4 is 17.5 Å². The molecule has 3 saturated heterocycles. The van der Waals surface area contributed by atoms with E-state index in [1.807, 2.05) is 9.80 Å². The van der Waals surface area contributed by atoms with Gasteiger partial charge in [-0.1, -0.05) is 0 Å². The van der Waals surface area contributed by atoms with Crippen LogP contribution in [-0.4, -0.2) is 76.7 Å². The summed E-state index contributed by atoms with van der Waals surface area (Å²) in [6.45, 7) is 5.19. The van der Waals surface area contributed by atoms with Gasteiger partial charge in [-0.3, -0.25) is 19.7 Å². The van der Waals surface area contributed by atoms with Gasteiger partial charge < -0.3 is 14.7 Å². The number of hydrogen-bond acceptors (Lipinski definition) is 5. The molecule has 1 aromatic carbocycles. The third-order valence-electron chi connectivity index (χ3n) is 6.89. The van der Waals surface area contributed by atoms with Gasteiger partial charge in [-0.05, 0) is 63.7 Å². The third kappa shape index (κ3) is 4.48. The molecule has 0 N–H and O–H groups in total. The molecule has 0 aromatic heterocycles. The average Bonchev–Trinajstić information content (AvgIpc) is 3.33. The van der Waals surface area contributed by atoms with Crippen molar-refractivity contribution in [2.75, 3.05) is 39.3 Å². The molecule has 0 unspecified atom stereocenters. The molecule has 8 heteroatoms. The maximum absolute atomic E-state index is 12.7. The number of amides is 2. The largest absolute Gasteiger partial charge is 0.342 e. The summed E-state index contributed by atoms with van der Waals surface area (Å²) in [5.41, 5.74) is 0.497. The first-order valence-corrected chi connectivity index (χ1v) is 11.1.